The third kappa shape index (κ3) is 26.8. The Morgan fingerprint density at radius 2 is 0.825 bits per heavy atom. The second-order valence-electron chi connectivity index (χ2n) is 26.9. The van der Waals surface area contributed by atoms with Crippen molar-refractivity contribution in [3.05, 3.63) is 237 Å². The molecule has 15 N–H and O–H groups in total. The van der Waals surface area contributed by atoms with Crippen molar-refractivity contribution in [3.8, 4) is 0 Å². The van der Waals surface area contributed by atoms with E-state index in [-0.39, 0.29) is 30.0 Å². The number of aryl methyl sites for hydroxylation is 2. The highest BCUT2D eigenvalue weighted by atomic mass is 35.5. The summed E-state index contributed by atoms with van der Waals surface area (Å²) in [6.45, 7) is 17.0. The maximum atomic E-state index is 11.4. The summed E-state index contributed by atoms with van der Waals surface area (Å²) >= 11 is 61.7. The standard InChI is InChI=1S/C17H17ClN4OS.C16H17Cl2N3O3S2.C16H17Cl2N3OS2.C15H15Cl2N3S2.C15H16ClN3OS.CO2/c1-10-14(6-11(19)8-20-2)24-17-13(7-15(18)22-16(10)17)21-9-12-4-3-5-23-12;1-26(22,23)8-9(19)5-12-14(18)15-16(25-12)11(6-13(17)21-15)20-7-10-3-2-4-24-10;1-23-8-9(19)5-12-14(18)15-16(24-12)11(6-13(17)21-15)20-7-10-3-2-4-22-10;1-8(18)5-11-13(17)14-15(22-11)10(6-12(16)20-14)19-7-9-3-2-4-21-9;1-9-12(4-5-17)21-15-11(7-13(16)19-14(9)15)18-8-10-3-2-6-20-10;2-1-3/h3-5,7,11H,6,8-9,19H2,1H3,(H,21,22);2-4,6,9H,5,7-8,19H2,1H3,(H,20,21);2-4,6,9H,5,7-8,19H2,1H3,(H,20,21);2-4,6,8H,5,7,18H2,1H3,(H,19,20);2-3,6-7H,4-5,8,17H2,1H3,(H,18,19);/t11-;2*9-;8-;;/m1110../s1. The van der Waals surface area contributed by atoms with Gasteiger partial charge in [0, 0.05) is 103 Å². The van der Waals surface area contributed by atoms with Crippen LogP contribution in [0.15, 0.2) is 139 Å². The molecule has 15 heterocycles. The van der Waals surface area contributed by atoms with E-state index >= 15 is 0 Å². The number of carbonyl (C=O) groups excluding carboxylic acids is 2. The fraction of sp³-hybridized carbons (Fsp3) is 0.287. The van der Waals surface area contributed by atoms with Crippen LogP contribution in [0.3, 0.4) is 0 Å². The summed E-state index contributed by atoms with van der Waals surface area (Å²) in [7, 11) is -3.16. The molecule has 0 aliphatic carbocycles. The third-order valence-electron chi connectivity index (χ3n) is 17.4. The zero-order valence-corrected chi connectivity index (χ0v) is 77.5. The fourth-order valence-corrected chi connectivity index (χ4v) is 22.5. The van der Waals surface area contributed by atoms with Crippen LogP contribution in [-0.4, -0.2) is 101 Å². The number of hydrogen-bond donors (Lipinski definition) is 10. The average Bonchev–Trinajstić information content (AvgIpc) is 1.66. The van der Waals surface area contributed by atoms with Gasteiger partial charge < -0.3 is 77.8 Å². The van der Waals surface area contributed by atoms with Crippen LogP contribution in [0.4, 0.5) is 28.4 Å². The number of sulfone groups is 1. The van der Waals surface area contributed by atoms with Crippen LogP contribution >= 0.6 is 173 Å². The lowest BCUT2D eigenvalue weighted by molar-refractivity contribution is -0.191. The molecule has 0 aliphatic rings. The Morgan fingerprint density at radius 3 is 1.16 bits per heavy atom. The Balaban J connectivity index is 0.000000156. The first kappa shape index (κ1) is 94.9. The van der Waals surface area contributed by atoms with Gasteiger partial charge in [-0.15, -0.1) is 68.0 Å². The molecule has 0 unspecified atom stereocenters. The summed E-state index contributed by atoms with van der Waals surface area (Å²) in [5.41, 5.74) is 40.4. The van der Waals surface area contributed by atoms with E-state index in [1.807, 2.05) is 99.0 Å². The van der Waals surface area contributed by atoms with Crippen molar-refractivity contribution in [3.63, 3.8) is 0 Å². The third-order valence-corrected chi connectivity index (χ3v) is 29.0. The number of halogens is 8. The molecule has 0 aromatic carbocycles. The molecule has 0 amide bonds. The molecule has 634 valence electrons. The van der Waals surface area contributed by atoms with Gasteiger partial charge in [0.15, 0.2) is 0 Å². The monoisotopic (exact) mass is 1930 g/mol. The first-order valence-corrected chi connectivity index (χ1v) is 48.0. The molecule has 15 aromatic heterocycles. The number of nitrogens with zero attached hydrogens (tertiary/aromatic N) is 6. The quantitative estimate of drug-likeness (QED) is 0.0148. The first-order chi connectivity index (χ1) is 57.5. The fourth-order valence-electron chi connectivity index (χ4n) is 12.0. The van der Waals surface area contributed by atoms with Crippen LogP contribution < -0.4 is 55.3 Å². The number of thioether (sulfide) groups is 1. The molecule has 0 bridgehead atoms. The molecule has 0 fully saturated rings. The lowest BCUT2D eigenvalue weighted by Crippen LogP contribution is -2.31. The van der Waals surface area contributed by atoms with Crippen LogP contribution in [0, 0.1) is 20.4 Å². The van der Waals surface area contributed by atoms with Crippen molar-refractivity contribution in [1.29, 1.82) is 0 Å². The Bertz CT molecular complexity index is 6040. The van der Waals surface area contributed by atoms with Gasteiger partial charge in [-0.3, -0.25) is 0 Å². The van der Waals surface area contributed by atoms with Crippen molar-refractivity contribution in [2.75, 3.05) is 63.7 Å². The van der Waals surface area contributed by atoms with Crippen LogP contribution in [0.1, 0.15) is 70.4 Å². The lowest BCUT2D eigenvalue weighted by Gasteiger charge is -2.08. The van der Waals surface area contributed by atoms with Crippen molar-refractivity contribution in [2.24, 2.45) is 28.7 Å². The zero-order valence-electron chi connectivity index (χ0n) is 64.9. The Morgan fingerprint density at radius 1 is 0.492 bits per heavy atom. The molecule has 4 atom stereocenters. The highest BCUT2D eigenvalue weighted by Crippen LogP contribution is 2.45. The van der Waals surface area contributed by atoms with E-state index in [1.54, 1.807) is 99.6 Å². The molecule has 0 radical (unpaired) electrons. The normalized spacial score (nSPS) is 12.2. The molecule has 15 rings (SSSR count). The predicted octanol–water partition coefficient (Wildman–Crippen LogP) is 21.6. The van der Waals surface area contributed by atoms with Gasteiger partial charge in [-0.1, -0.05) is 98.9 Å². The molecular weight excluding hydrogens is 1850 g/mol. The van der Waals surface area contributed by atoms with E-state index in [9.17, 15) is 8.42 Å². The van der Waals surface area contributed by atoms with Crippen LogP contribution in [0.25, 0.3) is 55.9 Å². The van der Waals surface area contributed by atoms with E-state index in [2.05, 4.69) is 74.7 Å². The Hall–Kier alpha value is -7.34. The van der Waals surface area contributed by atoms with Crippen molar-refractivity contribution in [2.45, 2.75) is 110 Å². The second kappa shape index (κ2) is 45.9. The Kier molecular flexibility index (Phi) is 36.3. The minimum absolute atomic E-state index is 0.0589. The number of nitrogens with two attached hydrogens (primary N) is 5. The van der Waals surface area contributed by atoms with Crippen molar-refractivity contribution >= 4 is 268 Å². The molecular formula is C80H82Cl8N16O8S8. The number of hydrogen-bond acceptors (Lipinski definition) is 30. The average molecular weight is 1940 g/mol. The minimum Gasteiger partial charge on any atom is -0.467 e. The lowest BCUT2D eigenvalue weighted by atomic mass is 10.1. The van der Waals surface area contributed by atoms with Crippen LogP contribution in [-0.2, 0) is 84.3 Å². The Labute approximate surface area is 760 Å². The molecule has 24 nitrogen and oxygen atoms in total. The van der Waals surface area contributed by atoms with Gasteiger partial charge in [0.1, 0.15) is 75.2 Å². The number of fused-ring (bicyclic) bond motifs is 5. The predicted molar refractivity (Wildman–Crippen MR) is 503 cm³/mol. The highest BCUT2D eigenvalue weighted by Gasteiger charge is 2.25. The maximum Gasteiger partial charge on any atom is 0.373 e. The largest absolute Gasteiger partial charge is 0.467 e. The SMILES string of the molecule is CS(=O)(=O)C[C@H](N)Cc1sc2c(NCc3ccco3)cc(Cl)nc2c1Cl.CSC[C@H](N)Cc1sc2c(NCc3ccco3)cc(Cl)nc2c1Cl.C[C@H](N)Cc1sc2c(NCc3cccs3)cc(Cl)nc2c1Cl.Cc1c(CCN)sc2c(NCc3ccco3)cc(Cl)nc12.O=C=O.[C-]#[N+]C[C@H](N)Cc1sc2c(NCc3ccco3)cc(Cl)nc2c1C. The molecule has 0 saturated carbocycles. The zero-order chi connectivity index (χ0) is 86.3. The molecule has 120 heavy (non-hydrogen) atoms. The maximum absolute atomic E-state index is 11.4. The summed E-state index contributed by atoms with van der Waals surface area (Å²) in [4.78, 5) is 48.2. The van der Waals surface area contributed by atoms with E-state index in [4.69, 9.17) is 155 Å². The highest BCUT2D eigenvalue weighted by molar-refractivity contribution is 7.98. The molecule has 0 saturated heterocycles. The number of rotatable bonds is 30. The number of aromatic nitrogens is 5. The van der Waals surface area contributed by atoms with Gasteiger partial charge in [-0.05, 0) is 130 Å². The molecule has 15 aromatic rings. The summed E-state index contributed by atoms with van der Waals surface area (Å²) in [5.74, 6) is 4.15. The first-order valence-electron chi connectivity index (χ1n) is 36.6. The van der Waals surface area contributed by atoms with Gasteiger partial charge in [0.05, 0.1) is 141 Å². The number of anilines is 5. The number of nitrogens with one attached hydrogen (secondary N) is 5. The summed E-state index contributed by atoms with van der Waals surface area (Å²) < 4.78 is 49.2. The number of pyridine rings is 5. The van der Waals surface area contributed by atoms with Crippen LogP contribution in [0.2, 0.25) is 40.8 Å². The van der Waals surface area contributed by atoms with E-state index in [1.165, 1.54) is 26.7 Å². The van der Waals surface area contributed by atoms with Gasteiger partial charge >= 0.3 is 6.15 Å². The van der Waals surface area contributed by atoms with E-state index in [0.29, 0.717) is 98.5 Å². The summed E-state index contributed by atoms with van der Waals surface area (Å²) in [6.07, 6.45) is 13.4. The second-order valence-corrected chi connectivity index (χ2v) is 39.6. The topological polar surface area (TPSA) is 380 Å². The van der Waals surface area contributed by atoms with Gasteiger partial charge in [0.25, 0.3) is 0 Å². The van der Waals surface area contributed by atoms with Gasteiger partial charge in [0.2, 0.25) is 6.54 Å². The van der Waals surface area contributed by atoms with Gasteiger partial charge in [-0.2, -0.15) is 21.4 Å². The van der Waals surface area contributed by atoms with E-state index < -0.39 is 15.9 Å². The van der Waals surface area contributed by atoms with Gasteiger partial charge in [-0.25, -0.2) is 39.9 Å². The minimum atomic E-state index is -3.16. The summed E-state index contributed by atoms with van der Waals surface area (Å²) in [6, 6.07) is 27.7. The number of thiophene rings is 6. The van der Waals surface area contributed by atoms with E-state index in [0.717, 1.165) is 160 Å². The van der Waals surface area contributed by atoms with Crippen molar-refractivity contribution in [1.82, 2.24) is 24.9 Å². The van der Waals surface area contributed by atoms with Crippen molar-refractivity contribution < 1.29 is 35.7 Å². The number of furan rings is 4. The molecule has 0 spiro atoms. The molecule has 40 heteroatoms. The van der Waals surface area contributed by atoms with Crippen LogP contribution in [0.5, 0.6) is 0 Å². The smallest absolute Gasteiger partial charge is 0.373 e. The summed E-state index contributed by atoms with van der Waals surface area (Å²) in [5, 5.41) is 22.7. The molecule has 0 aliphatic heterocycles.